The van der Waals surface area contributed by atoms with Gasteiger partial charge >= 0.3 is 0 Å². The molecule has 1 aliphatic rings. The molecule has 6 heteroatoms. The maximum atomic E-state index is 12.9. The van der Waals surface area contributed by atoms with Crippen LogP contribution in [0, 0.1) is 18.3 Å². The highest BCUT2D eigenvalue weighted by molar-refractivity contribution is 7.92. The highest BCUT2D eigenvalue weighted by Crippen LogP contribution is 2.42. The summed E-state index contributed by atoms with van der Waals surface area (Å²) in [5.74, 6) is 2.23. The fraction of sp³-hybridized carbons (Fsp3) is 0.417. The van der Waals surface area contributed by atoms with Gasteiger partial charge in [-0.1, -0.05) is 20.8 Å². The van der Waals surface area contributed by atoms with Gasteiger partial charge in [0.05, 0.1) is 17.7 Å². The van der Waals surface area contributed by atoms with E-state index in [4.69, 9.17) is 9.15 Å². The molecule has 0 bridgehead atoms. The van der Waals surface area contributed by atoms with Crippen LogP contribution in [0.25, 0.3) is 11.0 Å². The van der Waals surface area contributed by atoms with E-state index in [-0.39, 0.29) is 10.3 Å². The summed E-state index contributed by atoms with van der Waals surface area (Å²) < 4.78 is 39.9. The summed E-state index contributed by atoms with van der Waals surface area (Å²) in [5.41, 5.74) is 3.70. The lowest BCUT2D eigenvalue weighted by molar-refractivity contribution is 0.210. The van der Waals surface area contributed by atoms with E-state index >= 15 is 0 Å². The predicted octanol–water partition coefficient (Wildman–Crippen LogP) is 5.70. The van der Waals surface area contributed by atoms with Crippen molar-refractivity contribution in [2.75, 3.05) is 11.8 Å². The number of fused-ring (bicyclic) bond motifs is 3. The minimum atomic E-state index is -3.70. The van der Waals surface area contributed by atoms with E-state index in [1.165, 1.54) is 5.56 Å². The predicted molar refractivity (Wildman–Crippen MR) is 120 cm³/mol. The van der Waals surface area contributed by atoms with Crippen LogP contribution >= 0.6 is 0 Å². The summed E-state index contributed by atoms with van der Waals surface area (Å²) in [5, 5.41) is 1.01. The number of rotatable bonds is 4. The molecule has 1 heterocycles. The van der Waals surface area contributed by atoms with Crippen molar-refractivity contribution in [1.29, 1.82) is 0 Å². The molecule has 0 amide bonds. The second-order valence-corrected chi connectivity index (χ2v) is 10.9. The molecule has 0 spiro atoms. The molecule has 5 nitrogen and oxygen atoms in total. The summed E-state index contributed by atoms with van der Waals surface area (Å²) in [6.07, 6.45) is 3.00. The van der Waals surface area contributed by atoms with E-state index in [9.17, 15) is 8.42 Å². The molecule has 1 aromatic heterocycles. The van der Waals surface area contributed by atoms with Gasteiger partial charge in [0.1, 0.15) is 17.1 Å². The number of hydrogen-bond acceptors (Lipinski definition) is 4. The zero-order valence-electron chi connectivity index (χ0n) is 18.2. The maximum absolute atomic E-state index is 12.9. The minimum Gasteiger partial charge on any atom is -0.497 e. The Kier molecular flexibility index (Phi) is 5.09. The summed E-state index contributed by atoms with van der Waals surface area (Å²) >= 11 is 0. The fourth-order valence-electron chi connectivity index (χ4n) is 4.23. The summed E-state index contributed by atoms with van der Waals surface area (Å²) in [4.78, 5) is 0.199. The number of methoxy groups -OCH3 is 1. The standard InChI is InChI=1S/C24H29NO4S/c1-15-12-23-20(19-13-16(24(2,3)4)6-11-22(19)29-23)14-21(15)25-30(26,27)18-9-7-17(28-5)8-10-18/h7-10,12,14,16,25H,6,11,13H2,1-5H3/t16-/m1/s1. The van der Waals surface area contributed by atoms with Crippen LogP contribution in [-0.2, 0) is 22.9 Å². The average Bonchev–Trinajstić information content (AvgIpc) is 3.04. The van der Waals surface area contributed by atoms with Crippen molar-refractivity contribution in [3.63, 3.8) is 0 Å². The third-order valence-corrected chi connectivity index (χ3v) is 7.61. The van der Waals surface area contributed by atoms with Crippen LogP contribution in [0.1, 0.15) is 44.1 Å². The Morgan fingerprint density at radius 2 is 1.83 bits per heavy atom. The monoisotopic (exact) mass is 427 g/mol. The Balaban J connectivity index is 1.70. The molecule has 0 saturated carbocycles. The first-order valence-corrected chi connectivity index (χ1v) is 11.8. The van der Waals surface area contributed by atoms with Gasteiger partial charge < -0.3 is 9.15 Å². The Hall–Kier alpha value is -2.47. The van der Waals surface area contributed by atoms with Crippen molar-refractivity contribution in [2.45, 2.75) is 51.9 Å². The number of sulfonamides is 1. The third-order valence-electron chi connectivity index (χ3n) is 6.23. The highest BCUT2D eigenvalue weighted by Gasteiger charge is 2.32. The van der Waals surface area contributed by atoms with Gasteiger partial charge in [-0.2, -0.15) is 0 Å². The van der Waals surface area contributed by atoms with Gasteiger partial charge in [-0.15, -0.1) is 0 Å². The van der Waals surface area contributed by atoms with Gasteiger partial charge in [0, 0.05) is 17.4 Å². The third kappa shape index (κ3) is 3.81. The molecule has 0 unspecified atom stereocenters. The first-order chi connectivity index (χ1) is 14.1. The highest BCUT2D eigenvalue weighted by atomic mass is 32.2. The molecule has 0 fully saturated rings. The quantitative estimate of drug-likeness (QED) is 0.580. The lowest BCUT2D eigenvalue weighted by atomic mass is 9.71. The Labute approximate surface area is 178 Å². The zero-order chi connectivity index (χ0) is 21.7. The van der Waals surface area contributed by atoms with Crippen molar-refractivity contribution in [3.05, 3.63) is 53.3 Å². The van der Waals surface area contributed by atoms with Gasteiger partial charge in [-0.25, -0.2) is 8.42 Å². The smallest absolute Gasteiger partial charge is 0.261 e. The fourth-order valence-corrected chi connectivity index (χ4v) is 5.36. The van der Waals surface area contributed by atoms with E-state index in [2.05, 4.69) is 25.5 Å². The molecule has 160 valence electrons. The van der Waals surface area contributed by atoms with Crippen LogP contribution in [0.3, 0.4) is 0 Å². The molecule has 0 aliphatic heterocycles. The van der Waals surface area contributed by atoms with Crippen LogP contribution in [0.5, 0.6) is 5.75 Å². The summed E-state index contributed by atoms with van der Waals surface area (Å²) in [6, 6.07) is 10.2. The molecule has 1 N–H and O–H groups in total. The van der Waals surface area contributed by atoms with Gasteiger partial charge in [-0.3, -0.25) is 4.72 Å². The average molecular weight is 428 g/mol. The maximum Gasteiger partial charge on any atom is 0.261 e. The van der Waals surface area contributed by atoms with Crippen LogP contribution < -0.4 is 9.46 Å². The van der Waals surface area contributed by atoms with Gasteiger partial charge in [0.25, 0.3) is 10.0 Å². The molecule has 1 atom stereocenters. The Morgan fingerprint density at radius 3 is 2.47 bits per heavy atom. The zero-order valence-corrected chi connectivity index (χ0v) is 19.0. The van der Waals surface area contributed by atoms with Crippen LogP contribution in [0.2, 0.25) is 0 Å². The largest absolute Gasteiger partial charge is 0.497 e. The number of nitrogens with one attached hydrogen (secondary N) is 1. The molecular weight excluding hydrogens is 398 g/mol. The number of anilines is 1. The van der Waals surface area contributed by atoms with Crippen LogP contribution in [0.4, 0.5) is 5.69 Å². The molecule has 3 aromatic rings. The number of aryl methyl sites for hydroxylation is 2. The van der Waals surface area contributed by atoms with Crippen molar-refractivity contribution in [2.24, 2.45) is 11.3 Å². The van der Waals surface area contributed by atoms with Crippen LogP contribution in [0.15, 0.2) is 45.7 Å². The molecule has 0 radical (unpaired) electrons. The number of furan rings is 1. The summed E-state index contributed by atoms with van der Waals surface area (Å²) in [7, 11) is -2.15. The lowest BCUT2D eigenvalue weighted by Crippen LogP contribution is -2.26. The Bertz CT molecular complexity index is 1180. The van der Waals surface area contributed by atoms with E-state index in [0.717, 1.165) is 41.6 Å². The van der Waals surface area contributed by atoms with Crippen molar-refractivity contribution in [1.82, 2.24) is 0 Å². The molecule has 2 aromatic carbocycles. The van der Waals surface area contributed by atoms with Gasteiger partial charge in [0.15, 0.2) is 0 Å². The number of hydrogen-bond donors (Lipinski definition) is 1. The van der Waals surface area contributed by atoms with E-state index in [0.29, 0.717) is 17.4 Å². The van der Waals surface area contributed by atoms with Crippen molar-refractivity contribution in [3.8, 4) is 5.75 Å². The van der Waals surface area contributed by atoms with Crippen molar-refractivity contribution >= 4 is 26.7 Å². The topological polar surface area (TPSA) is 68.5 Å². The summed E-state index contributed by atoms with van der Waals surface area (Å²) in [6.45, 7) is 8.74. The van der Waals surface area contributed by atoms with Crippen molar-refractivity contribution < 1.29 is 17.6 Å². The van der Waals surface area contributed by atoms with Crippen LogP contribution in [-0.4, -0.2) is 15.5 Å². The second kappa shape index (κ2) is 7.34. The number of ether oxygens (including phenoxy) is 1. The van der Waals surface area contributed by atoms with E-state index < -0.39 is 10.0 Å². The minimum absolute atomic E-state index is 0.199. The van der Waals surface area contributed by atoms with Gasteiger partial charge in [0.2, 0.25) is 0 Å². The molecule has 1 aliphatic carbocycles. The molecule has 0 saturated heterocycles. The first kappa shape index (κ1) is 20.8. The molecule has 4 rings (SSSR count). The lowest BCUT2D eigenvalue weighted by Gasteiger charge is -2.33. The molecular formula is C24H29NO4S. The Morgan fingerprint density at radius 1 is 1.13 bits per heavy atom. The van der Waals surface area contributed by atoms with E-state index in [1.807, 2.05) is 19.1 Å². The second-order valence-electron chi connectivity index (χ2n) is 9.25. The van der Waals surface area contributed by atoms with Gasteiger partial charge in [-0.05, 0) is 73.1 Å². The normalized spacial score (nSPS) is 17.0. The SMILES string of the molecule is COc1ccc(S(=O)(=O)Nc2cc3c4c(oc3cc2C)CC[C@@H](C(C)(C)C)C4)cc1. The number of benzene rings is 2. The van der Waals surface area contributed by atoms with E-state index in [1.54, 1.807) is 31.4 Å². The molecule has 30 heavy (non-hydrogen) atoms. The first-order valence-electron chi connectivity index (χ1n) is 10.3.